The molecule has 0 N–H and O–H groups in total. The van der Waals surface area contributed by atoms with Crippen molar-refractivity contribution in [3.8, 4) is 44.5 Å². The molecule has 0 amide bonds. The van der Waals surface area contributed by atoms with Crippen molar-refractivity contribution in [2.24, 2.45) is 0 Å². The lowest BCUT2D eigenvalue weighted by molar-refractivity contribution is 0.768. The quantitative estimate of drug-likeness (QED) is 0.162. The van der Waals surface area contributed by atoms with Gasteiger partial charge in [0.1, 0.15) is 0 Å². The van der Waals surface area contributed by atoms with Crippen LogP contribution >= 0.6 is 0 Å². The van der Waals surface area contributed by atoms with Gasteiger partial charge in [0.2, 0.25) is 0 Å². The number of fused-ring (bicyclic) bond motifs is 13. The molecule has 3 aliphatic rings. The Hall–Kier alpha value is -8.00. The third-order valence-electron chi connectivity index (χ3n) is 14.2. The summed E-state index contributed by atoms with van der Waals surface area (Å²) in [4.78, 5) is 2.53. The van der Waals surface area contributed by atoms with Crippen LogP contribution in [0, 0.1) is 0 Å². The summed E-state index contributed by atoms with van der Waals surface area (Å²) in [5.41, 5.74) is 23.0. The van der Waals surface area contributed by atoms with Crippen molar-refractivity contribution in [2.45, 2.75) is 10.8 Å². The SMILES string of the molecule is c1ccc(-c2cccc(N(c3ccc4c(c3)-c3ccccc3C4(c3ccccc3)c3ccccc3)c3cccc4c3-c3ccccc3C43c4ccccc4-c4ccccc43)c2)cc1. The van der Waals surface area contributed by atoms with E-state index in [1.165, 1.54) is 89.0 Å². The molecule has 1 spiro atoms. The van der Waals surface area contributed by atoms with Gasteiger partial charge in [0, 0.05) is 16.9 Å². The minimum atomic E-state index is -0.479. The molecule has 0 saturated carbocycles. The van der Waals surface area contributed by atoms with Crippen LogP contribution in [0.15, 0.2) is 249 Å². The number of hydrogen-bond acceptors (Lipinski definition) is 1. The van der Waals surface area contributed by atoms with Gasteiger partial charge in [-0.05, 0) is 114 Å². The molecule has 1 nitrogen and oxygen atoms in total. The Morgan fingerprint density at radius 1 is 0.254 bits per heavy atom. The van der Waals surface area contributed by atoms with Crippen LogP contribution < -0.4 is 4.90 Å². The van der Waals surface area contributed by atoms with Crippen molar-refractivity contribution in [1.29, 1.82) is 0 Å². The van der Waals surface area contributed by atoms with Gasteiger partial charge in [-0.25, -0.2) is 0 Å². The zero-order valence-corrected chi connectivity index (χ0v) is 34.6. The molecule has 0 unspecified atom stereocenters. The van der Waals surface area contributed by atoms with E-state index in [1.54, 1.807) is 0 Å². The molecule has 0 aliphatic heterocycles. The maximum atomic E-state index is 2.53. The third-order valence-corrected chi connectivity index (χ3v) is 14.2. The molecule has 1 heteroatoms. The topological polar surface area (TPSA) is 3.24 Å². The highest BCUT2D eigenvalue weighted by Crippen LogP contribution is 2.65. The molecule has 0 saturated heterocycles. The molecule has 10 aromatic carbocycles. The van der Waals surface area contributed by atoms with E-state index in [-0.39, 0.29) is 0 Å². The number of rotatable bonds is 6. The highest BCUT2D eigenvalue weighted by Gasteiger charge is 2.52. The smallest absolute Gasteiger partial charge is 0.0726 e. The van der Waals surface area contributed by atoms with Crippen molar-refractivity contribution < 1.29 is 0 Å². The Bertz CT molecular complexity index is 3320. The average molecular weight is 800 g/mol. The molecule has 13 rings (SSSR count). The Kier molecular flexibility index (Phi) is 7.80. The standard InChI is InChI=1S/C62H41N/c1-4-20-42(21-5-1)43-22-18-27-46(40-43)63(47-38-39-57-52(41-47)50-30-12-14-32-53(50)61(57,44-23-6-2-7-24-44)45-25-8-3-9-26-45)59-37-19-36-58-60(59)51-31-13-17-35-56(51)62(58)54-33-15-10-28-48(54)49-29-11-16-34-55(49)62/h1-41H. The molecule has 0 fully saturated rings. The molecule has 0 heterocycles. The minimum absolute atomic E-state index is 0.450. The van der Waals surface area contributed by atoms with E-state index in [0.29, 0.717) is 0 Å². The minimum Gasteiger partial charge on any atom is -0.310 e. The summed E-state index contributed by atoms with van der Waals surface area (Å²) in [5, 5.41) is 0. The highest BCUT2D eigenvalue weighted by molar-refractivity contribution is 6.02. The summed E-state index contributed by atoms with van der Waals surface area (Å²) in [6.07, 6.45) is 0. The van der Waals surface area contributed by atoms with E-state index < -0.39 is 10.8 Å². The van der Waals surface area contributed by atoms with E-state index in [2.05, 4.69) is 254 Å². The Balaban J connectivity index is 1.10. The highest BCUT2D eigenvalue weighted by atomic mass is 15.1. The van der Waals surface area contributed by atoms with Crippen LogP contribution in [0.2, 0.25) is 0 Å². The van der Waals surface area contributed by atoms with Gasteiger partial charge < -0.3 is 4.90 Å². The maximum absolute atomic E-state index is 2.53. The van der Waals surface area contributed by atoms with E-state index in [0.717, 1.165) is 17.1 Å². The molecule has 63 heavy (non-hydrogen) atoms. The van der Waals surface area contributed by atoms with Crippen molar-refractivity contribution in [1.82, 2.24) is 0 Å². The lowest BCUT2D eigenvalue weighted by atomic mass is 9.68. The fourth-order valence-corrected chi connectivity index (χ4v) is 11.8. The normalized spacial score (nSPS) is 14.0. The summed E-state index contributed by atoms with van der Waals surface area (Å²) in [7, 11) is 0. The van der Waals surface area contributed by atoms with Crippen LogP contribution in [0.1, 0.15) is 44.5 Å². The third kappa shape index (κ3) is 4.88. The summed E-state index contributed by atoms with van der Waals surface area (Å²) in [6, 6.07) is 92.6. The zero-order valence-electron chi connectivity index (χ0n) is 34.6. The maximum Gasteiger partial charge on any atom is 0.0726 e. The number of nitrogens with zero attached hydrogens (tertiary/aromatic N) is 1. The number of benzene rings is 10. The first-order valence-electron chi connectivity index (χ1n) is 22.0. The van der Waals surface area contributed by atoms with Crippen LogP contribution in [-0.2, 0) is 10.8 Å². The Labute approximate surface area is 368 Å². The van der Waals surface area contributed by atoms with E-state index in [1.807, 2.05) is 0 Å². The van der Waals surface area contributed by atoms with Crippen LogP contribution in [0.5, 0.6) is 0 Å². The number of anilines is 3. The van der Waals surface area contributed by atoms with Gasteiger partial charge in [-0.2, -0.15) is 0 Å². The first kappa shape index (κ1) is 35.7. The average Bonchev–Trinajstić information content (AvgIpc) is 3.96. The van der Waals surface area contributed by atoms with Gasteiger partial charge in [-0.3, -0.25) is 0 Å². The lowest BCUT2D eigenvalue weighted by Crippen LogP contribution is -2.28. The predicted molar refractivity (Wildman–Crippen MR) is 260 cm³/mol. The molecule has 0 aromatic heterocycles. The van der Waals surface area contributed by atoms with Gasteiger partial charge >= 0.3 is 0 Å². The lowest BCUT2D eigenvalue weighted by Gasteiger charge is -2.34. The Morgan fingerprint density at radius 2 is 0.683 bits per heavy atom. The van der Waals surface area contributed by atoms with Crippen LogP contribution in [0.25, 0.3) is 44.5 Å². The molecular weight excluding hydrogens is 759 g/mol. The predicted octanol–water partition coefficient (Wildman–Crippen LogP) is 15.5. The van der Waals surface area contributed by atoms with E-state index >= 15 is 0 Å². The number of hydrogen-bond donors (Lipinski definition) is 0. The Morgan fingerprint density at radius 3 is 1.30 bits per heavy atom. The summed E-state index contributed by atoms with van der Waals surface area (Å²) < 4.78 is 0. The molecule has 0 radical (unpaired) electrons. The summed E-state index contributed by atoms with van der Waals surface area (Å²) in [5.74, 6) is 0. The molecule has 294 valence electrons. The fraction of sp³-hybridized carbons (Fsp3) is 0.0323. The van der Waals surface area contributed by atoms with Gasteiger partial charge in [0.05, 0.1) is 16.5 Å². The van der Waals surface area contributed by atoms with Gasteiger partial charge in [-0.15, -0.1) is 0 Å². The fourth-order valence-electron chi connectivity index (χ4n) is 11.8. The van der Waals surface area contributed by atoms with E-state index in [9.17, 15) is 0 Å². The second kappa shape index (κ2) is 13.8. The largest absolute Gasteiger partial charge is 0.310 e. The first-order valence-corrected chi connectivity index (χ1v) is 22.0. The molecule has 3 aliphatic carbocycles. The molecule has 0 atom stereocenters. The second-order valence-corrected chi connectivity index (χ2v) is 17.1. The molecular formula is C62H41N. The van der Waals surface area contributed by atoms with Crippen LogP contribution in [0.3, 0.4) is 0 Å². The zero-order chi connectivity index (χ0) is 41.5. The first-order chi connectivity index (χ1) is 31.3. The van der Waals surface area contributed by atoms with Gasteiger partial charge in [0.25, 0.3) is 0 Å². The van der Waals surface area contributed by atoms with Crippen molar-refractivity contribution in [2.75, 3.05) is 4.90 Å². The monoisotopic (exact) mass is 799 g/mol. The molecule has 0 bridgehead atoms. The van der Waals surface area contributed by atoms with Crippen molar-refractivity contribution >= 4 is 17.1 Å². The summed E-state index contributed by atoms with van der Waals surface area (Å²) in [6.45, 7) is 0. The molecule has 10 aromatic rings. The van der Waals surface area contributed by atoms with Gasteiger partial charge in [0.15, 0.2) is 0 Å². The van der Waals surface area contributed by atoms with Crippen LogP contribution in [-0.4, -0.2) is 0 Å². The van der Waals surface area contributed by atoms with Crippen molar-refractivity contribution in [3.05, 3.63) is 293 Å². The van der Waals surface area contributed by atoms with Crippen molar-refractivity contribution in [3.63, 3.8) is 0 Å². The second-order valence-electron chi connectivity index (χ2n) is 17.1. The summed E-state index contributed by atoms with van der Waals surface area (Å²) >= 11 is 0. The van der Waals surface area contributed by atoms with E-state index in [4.69, 9.17) is 0 Å². The van der Waals surface area contributed by atoms with Gasteiger partial charge in [-0.1, -0.05) is 218 Å². The van der Waals surface area contributed by atoms with Crippen LogP contribution in [0.4, 0.5) is 17.1 Å².